The van der Waals surface area contributed by atoms with Crippen LogP contribution in [0.2, 0.25) is 5.02 Å². The van der Waals surface area contributed by atoms with Gasteiger partial charge in [-0.1, -0.05) is 11.6 Å². The van der Waals surface area contributed by atoms with Gasteiger partial charge in [0.25, 0.3) is 0 Å². The van der Waals surface area contributed by atoms with Crippen LogP contribution in [0.3, 0.4) is 0 Å². The number of halogens is 1. The molecule has 0 amide bonds. The molecule has 0 radical (unpaired) electrons. The second-order valence-electron chi connectivity index (χ2n) is 3.67. The molecule has 0 bridgehead atoms. The molecule has 0 aliphatic heterocycles. The lowest BCUT2D eigenvalue weighted by atomic mass is 10.1. The molecule has 0 heterocycles. The maximum Gasteiger partial charge on any atom is 0.337 e. The maximum absolute atomic E-state index is 11.0. The van der Waals surface area contributed by atoms with E-state index >= 15 is 0 Å². The van der Waals surface area contributed by atoms with Crippen molar-refractivity contribution in [3.63, 3.8) is 0 Å². The molecule has 15 heavy (non-hydrogen) atoms. The number of hydrogen-bond acceptors (Lipinski definition) is 2. The Kier molecular flexibility index (Phi) is 3.58. The summed E-state index contributed by atoms with van der Waals surface area (Å²) >= 11 is 5.85. The molecule has 0 saturated carbocycles. The molecule has 0 fully saturated rings. The van der Waals surface area contributed by atoms with Gasteiger partial charge in [-0.15, -0.1) is 0 Å². The highest BCUT2D eigenvalue weighted by molar-refractivity contribution is 6.31. The number of carbonyl (C=O) groups is 1. The Labute approximate surface area is 94.3 Å². The lowest BCUT2D eigenvalue weighted by molar-refractivity contribution is 0.0697. The summed E-state index contributed by atoms with van der Waals surface area (Å²) in [7, 11) is 1.85. The maximum atomic E-state index is 11.0. The fourth-order valence-corrected chi connectivity index (χ4v) is 1.42. The van der Waals surface area contributed by atoms with Crippen molar-refractivity contribution >= 4 is 23.3 Å². The molecule has 1 rings (SSSR count). The fourth-order valence-electron chi connectivity index (χ4n) is 1.26. The summed E-state index contributed by atoms with van der Waals surface area (Å²) in [4.78, 5) is 12.9. The average molecular weight is 228 g/mol. The first-order valence-corrected chi connectivity index (χ1v) is 5.07. The van der Waals surface area contributed by atoms with Gasteiger partial charge in [-0.05, 0) is 32.0 Å². The number of rotatable bonds is 3. The summed E-state index contributed by atoms with van der Waals surface area (Å²) in [6.07, 6.45) is 0. The van der Waals surface area contributed by atoms with Crippen LogP contribution in [0.15, 0.2) is 18.2 Å². The van der Waals surface area contributed by atoms with Crippen molar-refractivity contribution in [1.82, 2.24) is 0 Å². The van der Waals surface area contributed by atoms with Gasteiger partial charge in [0.1, 0.15) is 0 Å². The Bertz CT molecular complexity index is 377. The molecule has 82 valence electrons. The SMILES string of the molecule is CC(C)N(C)c1cc(Cl)ccc1C(=O)O. The van der Waals surface area contributed by atoms with Crippen LogP contribution in [0.5, 0.6) is 0 Å². The third-order valence-electron chi connectivity index (χ3n) is 2.34. The van der Waals surface area contributed by atoms with E-state index in [9.17, 15) is 4.79 Å². The van der Waals surface area contributed by atoms with Crippen LogP contribution >= 0.6 is 11.6 Å². The van der Waals surface area contributed by atoms with E-state index in [0.717, 1.165) is 0 Å². The Hall–Kier alpha value is -1.22. The first-order chi connectivity index (χ1) is 6.93. The van der Waals surface area contributed by atoms with Crippen LogP contribution < -0.4 is 4.90 Å². The number of nitrogens with zero attached hydrogens (tertiary/aromatic N) is 1. The van der Waals surface area contributed by atoms with E-state index in [-0.39, 0.29) is 11.6 Å². The van der Waals surface area contributed by atoms with E-state index in [1.807, 2.05) is 25.8 Å². The summed E-state index contributed by atoms with van der Waals surface area (Å²) in [5.41, 5.74) is 0.917. The molecule has 1 aromatic rings. The number of anilines is 1. The molecule has 0 saturated heterocycles. The lowest BCUT2D eigenvalue weighted by Gasteiger charge is -2.25. The van der Waals surface area contributed by atoms with Crippen LogP contribution in [0.1, 0.15) is 24.2 Å². The zero-order valence-corrected chi connectivity index (χ0v) is 9.75. The molecule has 0 aliphatic carbocycles. The number of hydrogen-bond donors (Lipinski definition) is 1. The van der Waals surface area contributed by atoms with Gasteiger partial charge in [0, 0.05) is 18.1 Å². The highest BCUT2D eigenvalue weighted by atomic mass is 35.5. The van der Waals surface area contributed by atoms with Crippen molar-refractivity contribution in [1.29, 1.82) is 0 Å². The van der Waals surface area contributed by atoms with Crippen LogP contribution in [-0.4, -0.2) is 24.2 Å². The Balaban J connectivity index is 3.24. The first kappa shape index (κ1) is 11.9. The van der Waals surface area contributed by atoms with Gasteiger partial charge in [-0.2, -0.15) is 0 Å². The summed E-state index contributed by atoms with van der Waals surface area (Å²) in [6, 6.07) is 5.01. The molecule has 0 spiro atoms. The zero-order valence-electron chi connectivity index (χ0n) is 8.99. The van der Waals surface area contributed by atoms with E-state index in [1.165, 1.54) is 6.07 Å². The second-order valence-corrected chi connectivity index (χ2v) is 4.11. The monoisotopic (exact) mass is 227 g/mol. The minimum Gasteiger partial charge on any atom is -0.478 e. The highest BCUT2D eigenvalue weighted by Crippen LogP contribution is 2.25. The number of carboxylic acid groups (broad SMARTS) is 1. The predicted octanol–water partition coefficient (Wildman–Crippen LogP) is 2.88. The molecule has 1 N–H and O–H groups in total. The van der Waals surface area contributed by atoms with Crippen molar-refractivity contribution in [3.05, 3.63) is 28.8 Å². The Morgan fingerprint density at radius 1 is 1.47 bits per heavy atom. The lowest BCUT2D eigenvalue weighted by Crippen LogP contribution is -2.27. The minimum atomic E-state index is -0.936. The second kappa shape index (κ2) is 4.53. The van der Waals surface area contributed by atoms with Gasteiger partial charge in [0.05, 0.1) is 11.3 Å². The van der Waals surface area contributed by atoms with E-state index in [4.69, 9.17) is 16.7 Å². The number of carboxylic acids is 1. The molecule has 3 nitrogen and oxygen atoms in total. The van der Waals surface area contributed by atoms with Gasteiger partial charge in [-0.25, -0.2) is 4.79 Å². The third kappa shape index (κ3) is 2.63. The van der Waals surface area contributed by atoms with Crippen LogP contribution in [0.25, 0.3) is 0 Å². The smallest absolute Gasteiger partial charge is 0.337 e. The zero-order chi connectivity index (χ0) is 11.6. The van der Waals surface area contributed by atoms with Gasteiger partial charge < -0.3 is 10.0 Å². The van der Waals surface area contributed by atoms with Crippen LogP contribution in [0.4, 0.5) is 5.69 Å². The fraction of sp³-hybridized carbons (Fsp3) is 0.364. The average Bonchev–Trinajstić information content (AvgIpc) is 2.15. The molecule has 4 heteroatoms. The normalized spacial score (nSPS) is 10.5. The summed E-state index contributed by atoms with van der Waals surface area (Å²) in [6.45, 7) is 3.99. The largest absolute Gasteiger partial charge is 0.478 e. The van der Waals surface area contributed by atoms with Crippen molar-refractivity contribution in [2.24, 2.45) is 0 Å². The molecule has 0 aromatic heterocycles. The van der Waals surface area contributed by atoms with E-state index in [1.54, 1.807) is 12.1 Å². The summed E-state index contributed by atoms with van der Waals surface area (Å²) < 4.78 is 0. The van der Waals surface area contributed by atoms with Crippen LogP contribution in [-0.2, 0) is 0 Å². The molecule has 1 aromatic carbocycles. The Morgan fingerprint density at radius 3 is 2.53 bits per heavy atom. The minimum absolute atomic E-state index is 0.224. The molecule has 0 unspecified atom stereocenters. The van der Waals surface area contributed by atoms with E-state index in [2.05, 4.69) is 0 Å². The molecular weight excluding hydrogens is 214 g/mol. The van der Waals surface area contributed by atoms with Crippen LogP contribution in [0, 0.1) is 0 Å². The standard InChI is InChI=1S/C11H14ClNO2/c1-7(2)13(3)10-6-8(12)4-5-9(10)11(14)15/h4-7H,1-3H3,(H,14,15). The molecule has 0 aliphatic rings. The molecule has 0 atom stereocenters. The van der Waals surface area contributed by atoms with Crippen molar-refractivity contribution in [2.75, 3.05) is 11.9 Å². The number of aromatic carboxylic acids is 1. The van der Waals surface area contributed by atoms with Gasteiger partial charge in [-0.3, -0.25) is 0 Å². The number of benzene rings is 1. The predicted molar refractivity (Wildman–Crippen MR) is 62.0 cm³/mol. The first-order valence-electron chi connectivity index (χ1n) is 4.69. The van der Waals surface area contributed by atoms with Crippen molar-refractivity contribution < 1.29 is 9.90 Å². The summed E-state index contributed by atoms with van der Waals surface area (Å²) in [5, 5.41) is 9.56. The van der Waals surface area contributed by atoms with Gasteiger partial charge >= 0.3 is 5.97 Å². The molecular formula is C11H14ClNO2. The van der Waals surface area contributed by atoms with Gasteiger partial charge in [0.2, 0.25) is 0 Å². The van der Waals surface area contributed by atoms with Gasteiger partial charge in [0.15, 0.2) is 0 Å². The van der Waals surface area contributed by atoms with Crippen molar-refractivity contribution in [2.45, 2.75) is 19.9 Å². The Morgan fingerprint density at radius 2 is 2.07 bits per heavy atom. The quantitative estimate of drug-likeness (QED) is 0.863. The topological polar surface area (TPSA) is 40.5 Å². The summed E-state index contributed by atoms with van der Waals surface area (Å²) in [5.74, 6) is -0.936. The third-order valence-corrected chi connectivity index (χ3v) is 2.58. The highest BCUT2D eigenvalue weighted by Gasteiger charge is 2.15. The van der Waals surface area contributed by atoms with Crippen molar-refractivity contribution in [3.8, 4) is 0 Å². The van der Waals surface area contributed by atoms with E-state index in [0.29, 0.717) is 10.7 Å². The van der Waals surface area contributed by atoms with E-state index < -0.39 is 5.97 Å².